The van der Waals surface area contributed by atoms with E-state index in [-0.39, 0.29) is 29.7 Å². The van der Waals surface area contributed by atoms with Crippen LogP contribution >= 0.6 is 0 Å². The lowest BCUT2D eigenvalue weighted by atomic mass is 10.2. The molecule has 0 aromatic heterocycles. The Balaban J connectivity index is 1.93. The third-order valence-corrected chi connectivity index (χ3v) is 3.13. The van der Waals surface area contributed by atoms with Crippen LogP contribution in [0.2, 0.25) is 0 Å². The van der Waals surface area contributed by atoms with Crippen LogP contribution in [0.15, 0.2) is 48.5 Å². The molecule has 0 atom stereocenters. The SMILES string of the molecule is CN(CC(=O)Nc1ccccc1OC(F)F)Cc1cccc(F)c1. The Bertz CT molecular complexity index is 695. The summed E-state index contributed by atoms with van der Waals surface area (Å²) >= 11 is 0. The molecule has 0 heterocycles. The van der Waals surface area contributed by atoms with Crippen LogP contribution in [-0.4, -0.2) is 31.0 Å². The van der Waals surface area contributed by atoms with E-state index >= 15 is 0 Å². The molecule has 24 heavy (non-hydrogen) atoms. The number of carbonyl (C=O) groups is 1. The predicted octanol–water partition coefficient (Wildman–Crippen LogP) is 3.50. The molecule has 0 radical (unpaired) electrons. The number of benzene rings is 2. The molecule has 128 valence electrons. The van der Waals surface area contributed by atoms with E-state index in [9.17, 15) is 18.0 Å². The summed E-state index contributed by atoms with van der Waals surface area (Å²) in [4.78, 5) is 13.7. The topological polar surface area (TPSA) is 41.6 Å². The summed E-state index contributed by atoms with van der Waals surface area (Å²) in [7, 11) is 1.70. The van der Waals surface area contributed by atoms with Crippen molar-refractivity contribution in [3.05, 3.63) is 59.9 Å². The first-order valence-electron chi connectivity index (χ1n) is 7.20. The summed E-state index contributed by atoms with van der Waals surface area (Å²) in [5.41, 5.74) is 0.897. The van der Waals surface area contributed by atoms with Crippen molar-refractivity contribution >= 4 is 11.6 Å². The first-order chi connectivity index (χ1) is 11.4. The monoisotopic (exact) mass is 338 g/mol. The van der Waals surface area contributed by atoms with E-state index in [1.807, 2.05) is 0 Å². The van der Waals surface area contributed by atoms with Gasteiger partial charge >= 0.3 is 6.61 Å². The standard InChI is InChI=1S/C17H17F3N2O2/c1-22(10-12-5-4-6-13(18)9-12)11-16(23)21-14-7-2-3-8-15(14)24-17(19)20/h2-9,17H,10-11H2,1H3,(H,21,23). The number of alkyl halides is 2. The lowest BCUT2D eigenvalue weighted by Gasteiger charge is -2.17. The van der Waals surface area contributed by atoms with Gasteiger partial charge in [0.2, 0.25) is 5.91 Å². The molecule has 0 bridgehead atoms. The number of halogens is 3. The minimum Gasteiger partial charge on any atom is -0.433 e. The quantitative estimate of drug-likeness (QED) is 0.840. The van der Waals surface area contributed by atoms with Gasteiger partial charge in [-0.1, -0.05) is 24.3 Å². The molecule has 2 rings (SSSR count). The van der Waals surface area contributed by atoms with Gasteiger partial charge in [-0.25, -0.2) is 4.39 Å². The van der Waals surface area contributed by atoms with E-state index in [4.69, 9.17) is 0 Å². The molecule has 1 amide bonds. The summed E-state index contributed by atoms with van der Waals surface area (Å²) < 4.78 is 42.2. The van der Waals surface area contributed by atoms with Gasteiger partial charge in [0.25, 0.3) is 0 Å². The van der Waals surface area contributed by atoms with E-state index < -0.39 is 6.61 Å². The highest BCUT2D eigenvalue weighted by molar-refractivity contribution is 5.93. The van der Waals surface area contributed by atoms with Crippen molar-refractivity contribution in [1.29, 1.82) is 0 Å². The molecule has 4 nitrogen and oxygen atoms in total. The third kappa shape index (κ3) is 5.58. The van der Waals surface area contributed by atoms with Crippen molar-refractivity contribution in [3.63, 3.8) is 0 Å². The van der Waals surface area contributed by atoms with Gasteiger partial charge in [0.1, 0.15) is 11.6 Å². The second-order valence-corrected chi connectivity index (χ2v) is 5.23. The fourth-order valence-corrected chi connectivity index (χ4v) is 2.21. The normalized spacial score (nSPS) is 10.9. The van der Waals surface area contributed by atoms with Crippen LogP contribution in [0.3, 0.4) is 0 Å². The highest BCUT2D eigenvalue weighted by Gasteiger charge is 2.13. The first kappa shape index (κ1) is 17.8. The molecule has 2 aromatic rings. The smallest absolute Gasteiger partial charge is 0.387 e. The molecule has 0 saturated heterocycles. The number of rotatable bonds is 7. The second-order valence-electron chi connectivity index (χ2n) is 5.23. The van der Waals surface area contributed by atoms with E-state index in [1.54, 1.807) is 30.1 Å². The summed E-state index contributed by atoms with van der Waals surface area (Å²) in [6, 6.07) is 12.0. The Morgan fingerprint density at radius 3 is 2.67 bits per heavy atom. The van der Waals surface area contributed by atoms with Gasteiger partial charge < -0.3 is 10.1 Å². The summed E-state index contributed by atoms with van der Waals surface area (Å²) in [5, 5.41) is 2.53. The second kappa shape index (κ2) is 8.35. The van der Waals surface area contributed by atoms with E-state index in [0.29, 0.717) is 6.54 Å². The van der Waals surface area contributed by atoms with Crippen molar-refractivity contribution in [3.8, 4) is 5.75 Å². The average molecular weight is 338 g/mol. The molecule has 0 aliphatic rings. The van der Waals surface area contributed by atoms with E-state index in [0.717, 1.165) is 5.56 Å². The average Bonchev–Trinajstić information content (AvgIpc) is 2.48. The zero-order valence-corrected chi connectivity index (χ0v) is 13.0. The highest BCUT2D eigenvalue weighted by atomic mass is 19.3. The zero-order chi connectivity index (χ0) is 17.5. The number of para-hydroxylation sites is 2. The van der Waals surface area contributed by atoms with Crippen LogP contribution in [0.5, 0.6) is 5.75 Å². The maximum absolute atomic E-state index is 13.1. The molecular formula is C17H17F3N2O2. The largest absolute Gasteiger partial charge is 0.433 e. The van der Waals surface area contributed by atoms with Crippen LogP contribution < -0.4 is 10.1 Å². The Morgan fingerprint density at radius 1 is 1.21 bits per heavy atom. The molecule has 0 aliphatic carbocycles. The molecule has 7 heteroatoms. The predicted molar refractivity (Wildman–Crippen MR) is 84.4 cm³/mol. The fourth-order valence-electron chi connectivity index (χ4n) is 2.21. The van der Waals surface area contributed by atoms with Crippen molar-refractivity contribution in [2.24, 2.45) is 0 Å². The lowest BCUT2D eigenvalue weighted by molar-refractivity contribution is -0.117. The number of hydrogen-bond acceptors (Lipinski definition) is 3. The maximum atomic E-state index is 13.1. The van der Waals surface area contributed by atoms with Crippen LogP contribution in [0, 0.1) is 5.82 Å². The molecule has 0 fully saturated rings. The van der Waals surface area contributed by atoms with Gasteiger partial charge in [-0.2, -0.15) is 8.78 Å². The molecule has 0 aliphatic heterocycles. The van der Waals surface area contributed by atoms with Crippen LogP contribution in [-0.2, 0) is 11.3 Å². The number of likely N-dealkylation sites (N-methyl/N-ethyl adjacent to an activating group) is 1. The van der Waals surface area contributed by atoms with Crippen molar-refractivity contribution in [2.45, 2.75) is 13.2 Å². The minimum atomic E-state index is -2.97. The molecule has 1 N–H and O–H groups in total. The Labute approximate surface area is 137 Å². The van der Waals surface area contributed by atoms with Gasteiger partial charge in [0.05, 0.1) is 12.2 Å². The first-order valence-corrected chi connectivity index (χ1v) is 7.20. The number of amides is 1. The third-order valence-electron chi connectivity index (χ3n) is 3.13. The van der Waals surface area contributed by atoms with Crippen LogP contribution in [0.4, 0.5) is 18.9 Å². The van der Waals surface area contributed by atoms with Crippen molar-refractivity contribution in [1.82, 2.24) is 4.90 Å². The molecule has 2 aromatic carbocycles. The van der Waals surface area contributed by atoms with Crippen LogP contribution in [0.1, 0.15) is 5.56 Å². The minimum absolute atomic E-state index is 0.0134. The van der Waals surface area contributed by atoms with Gasteiger partial charge in [-0.15, -0.1) is 0 Å². The Hall–Kier alpha value is -2.54. The Kier molecular flexibility index (Phi) is 6.20. The van der Waals surface area contributed by atoms with Crippen molar-refractivity contribution in [2.75, 3.05) is 18.9 Å². The van der Waals surface area contributed by atoms with Gasteiger partial charge in [0.15, 0.2) is 0 Å². The number of hydrogen-bond donors (Lipinski definition) is 1. The number of ether oxygens (including phenoxy) is 1. The van der Waals surface area contributed by atoms with Gasteiger partial charge in [-0.3, -0.25) is 9.69 Å². The maximum Gasteiger partial charge on any atom is 0.387 e. The van der Waals surface area contributed by atoms with Gasteiger partial charge in [-0.05, 0) is 36.9 Å². The van der Waals surface area contributed by atoms with Gasteiger partial charge in [0, 0.05) is 6.54 Å². The molecular weight excluding hydrogens is 321 g/mol. The summed E-state index contributed by atoms with van der Waals surface area (Å²) in [6.07, 6.45) is 0. The van der Waals surface area contributed by atoms with E-state index in [1.165, 1.54) is 30.3 Å². The summed E-state index contributed by atoms with van der Waals surface area (Å²) in [5.74, 6) is -0.837. The number of anilines is 1. The number of carbonyl (C=O) groups excluding carboxylic acids is 1. The summed E-state index contributed by atoms with van der Waals surface area (Å²) in [6.45, 7) is -2.58. The molecule has 0 unspecified atom stereocenters. The Morgan fingerprint density at radius 2 is 1.96 bits per heavy atom. The number of nitrogens with zero attached hydrogens (tertiary/aromatic N) is 1. The lowest BCUT2D eigenvalue weighted by Crippen LogP contribution is -2.30. The van der Waals surface area contributed by atoms with Crippen LogP contribution in [0.25, 0.3) is 0 Å². The highest BCUT2D eigenvalue weighted by Crippen LogP contribution is 2.25. The number of nitrogens with one attached hydrogen (secondary N) is 1. The fraction of sp³-hybridized carbons (Fsp3) is 0.235. The van der Waals surface area contributed by atoms with Crippen molar-refractivity contribution < 1.29 is 22.7 Å². The zero-order valence-electron chi connectivity index (χ0n) is 13.0. The molecule has 0 spiro atoms. The van der Waals surface area contributed by atoms with E-state index in [2.05, 4.69) is 10.1 Å². The molecule has 0 saturated carbocycles.